The number of hydrogen-bond acceptors (Lipinski definition) is 2. The lowest BCUT2D eigenvalue weighted by Gasteiger charge is -2.17. The minimum Gasteiger partial charge on any atom is -0.387 e. The summed E-state index contributed by atoms with van der Waals surface area (Å²) in [5, 5.41) is 9.90. The smallest absolute Gasteiger partial charge is 0.0916 e. The van der Waals surface area contributed by atoms with Crippen LogP contribution in [0.1, 0.15) is 22.8 Å². The Kier molecular flexibility index (Phi) is 3.67. The van der Waals surface area contributed by atoms with Gasteiger partial charge in [0, 0.05) is 6.54 Å². The SMILES string of the molecule is Cc1cc(C)cc(C(O)CN(C)C)c1. The summed E-state index contributed by atoms with van der Waals surface area (Å²) in [5.74, 6) is 0. The van der Waals surface area contributed by atoms with E-state index in [1.54, 1.807) is 0 Å². The molecule has 0 saturated carbocycles. The molecule has 1 atom stereocenters. The maximum Gasteiger partial charge on any atom is 0.0916 e. The first-order valence-electron chi connectivity index (χ1n) is 4.90. The highest BCUT2D eigenvalue weighted by Crippen LogP contribution is 2.17. The number of nitrogens with zero attached hydrogens (tertiary/aromatic N) is 1. The first-order chi connectivity index (χ1) is 6.49. The van der Waals surface area contributed by atoms with Gasteiger partial charge in [-0.25, -0.2) is 0 Å². The molecule has 0 fully saturated rings. The zero-order chi connectivity index (χ0) is 10.7. The molecular formula is C12H19NO. The van der Waals surface area contributed by atoms with Crippen LogP contribution in [0.3, 0.4) is 0 Å². The first-order valence-corrected chi connectivity index (χ1v) is 4.90. The molecule has 14 heavy (non-hydrogen) atoms. The fourth-order valence-corrected chi connectivity index (χ4v) is 1.65. The van der Waals surface area contributed by atoms with Crippen LogP contribution >= 0.6 is 0 Å². The lowest BCUT2D eigenvalue weighted by Crippen LogP contribution is -2.20. The van der Waals surface area contributed by atoms with Gasteiger partial charge in [-0.2, -0.15) is 0 Å². The van der Waals surface area contributed by atoms with Gasteiger partial charge in [0.15, 0.2) is 0 Å². The van der Waals surface area contributed by atoms with Crippen molar-refractivity contribution in [2.24, 2.45) is 0 Å². The Labute approximate surface area is 86.2 Å². The zero-order valence-corrected chi connectivity index (χ0v) is 9.41. The summed E-state index contributed by atoms with van der Waals surface area (Å²) in [6.07, 6.45) is -0.386. The number of hydrogen-bond donors (Lipinski definition) is 1. The Hall–Kier alpha value is -0.860. The van der Waals surface area contributed by atoms with E-state index in [1.807, 2.05) is 31.1 Å². The summed E-state index contributed by atoms with van der Waals surface area (Å²) in [6, 6.07) is 6.20. The molecule has 78 valence electrons. The van der Waals surface area contributed by atoms with Crippen molar-refractivity contribution in [2.45, 2.75) is 20.0 Å². The van der Waals surface area contributed by atoms with Gasteiger partial charge in [0.1, 0.15) is 0 Å². The van der Waals surface area contributed by atoms with E-state index in [2.05, 4.69) is 19.9 Å². The quantitative estimate of drug-likeness (QED) is 0.792. The van der Waals surface area contributed by atoms with Crippen LogP contribution in [0.2, 0.25) is 0 Å². The molecule has 0 bridgehead atoms. The highest BCUT2D eigenvalue weighted by Gasteiger charge is 2.08. The normalized spacial score (nSPS) is 13.3. The predicted molar refractivity (Wildman–Crippen MR) is 59.4 cm³/mol. The molecule has 1 aromatic carbocycles. The standard InChI is InChI=1S/C12H19NO/c1-9-5-10(2)7-11(6-9)12(14)8-13(3)4/h5-7,12,14H,8H2,1-4H3. The molecular weight excluding hydrogens is 174 g/mol. The maximum absolute atomic E-state index is 9.90. The topological polar surface area (TPSA) is 23.5 Å². The highest BCUT2D eigenvalue weighted by atomic mass is 16.3. The number of aliphatic hydroxyl groups excluding tert-OH is 1. The van der Waals surface area contributed by atoms with E-state index in [1.165, 1.54) is 11.1 Å². The van der Waals surface area contributed by atoms with Gasteiger partial charge in [-0.3, -0.25) is 0 Å². The predicted octanol–water partition coefficient (Wildman–Crippen LogP) is 1.90. The van der Waals surface area contributed by atoms with E-state index >= 15 is 0 Å². The third-order valence-electron chi connectivity index (χ3n) is 2.17. The summed E-state index contributed by atoms with van der Waals surface area (Å²) >= 11 is 0. The van der Waals surface area contributed by atoms with Crippen LogP contribution in [0.25, 0.3) is 0 Å². The van der Waals surface area contributed by atoms with E-state index in [-0.39, 0.29) is 6.10 Å². The van der Waals surface area contributed by atoms with Crippen molar-refractivity contribution in [1.29, 1.82) is 0 Å². The summed E-state index contributed by atoms with van der Waals surface area (Å²) in [4.78, 5) is 1.99. The van der Waals surface area contributed by atoms with Gasteiger partial charge in [0.05, 0.1) is 6.10 Å². The monoisotopic (exact) mass is 193 g/mol. The molecule has 0 aliphatic heterocycles. The molecule has 2 nitrogen and oxygen atoms in total. The van der Waals surface area contributed by atoms with Gasteiger partial charge >= 0.3 is 0 Å². The Balaban J connectivity index is 2.84. The molecule has 0 amide bonds. The lowest BCUT2D eigenvalue weighted by molar-refractivity contribution is 0.138. The summed E-state index contributed by atoms with van der Waals surface area (Å²) in [5.41, 5.74) is 3.42. The average molecular weight is 193 g/mol. The number of rotatable bonds is 3. The third kappa shape index (κ3) is 3.13. The largest absolute Gasteiger partial charge is 0.387 e. The van der Waals surface area contributed by atoms with Crippen LogP contribution in [-0.4, -0.2) is 30.6 Å². The Morgan fingerprint density at radius 1 is 1.14 bits per heavy atom. The van der Waals surface area contributed by atoms with Crippen LogP contribution in [0.15, 0.2) is 18.2 Å². The highest BCUT2D eigenvalue weighted by molar-refractivity contribution is 5.30. The molecule has 0 spiro atoms. The molecule has 2 heteroatoms. The molecule has 0 saturated heterocycles. The molecule has 0 radical (unpaired) electrons. The van der Waals surface area contributed by atoms with Gasteiger partial charge < -0.3 is 10.0 Å². The van der Waals surface area contributed by atoms with Crippen molar-refractivity contribution in [2.75, 3.05) is 20.6 Å². The Bertz CT molecular complexity index is 287. The van der Waals surface area contributed by atoms with E-state index in [9.17, 15) is 5.11 Å². The Morgan fingerprint density at radius 2 is 1.64 bits per heavy atom. The summed E-state index contributed by atoms with van der Waals surface area (Å²) in [6.45, 7) is 4.78. The molecule has 1 N–H and O–H groups in total. The average Bonchev–Trinajstić information content (AvgIpc) is 2.00. The minimum atomic E-state index is -0.386. The van der Waals surface area contributed by atoms with E-state index in [0.717, 1.165) is 5.56 Å². The van der Waals surface area contributed by atoms with Crippen LogP contribution in [0.5, 0.6) is 0 Å². The summed E-state index contributed by atoms with van der Waals surface area (Å²) < 4.78 is 0. The molecule has 1 rings (SSSR count). The number of aryl methyl sites for hydroxylation is 2. The van der Waals surface area contributed by atoms with Crippen molar-refractivity contribution in [3.63, 3.8) is 0 Å². The van der Waals surface area contributed by atoms with Crippen LogP contribution in [-0.2, 0) is 0 Å². The molecule has 1 aromatic rings. The van der Waals surface area contributed by atoms with Crippen molar-refractivity contribution >= 4 is 0 Å². The number of aliphatic hydroxyl groups is 1. The molecule has 0 heterocycles. The van der Waals surface area contributed by atoms with E-state index < -0.39 is 0 Å². The lowest BCUT2D eigenvalue weighted by atomic mass is 10.0. The van der Waals surface area contributed by atoms with Crippen molar-refractivity contribution in [3.8, 4) is 0 Å². The fourth-order valence-electron chi connectivity index (χ4n) is 1.65. The molecule has 0 aliphatic rings. The second kappa shape index (κ2) is 4.58. The van der Waals surface area contributed by atoms with Gasteiger partial charge in [0.25, 0.3) is 0 Å². The van der Waals surface area contributed by atoms with Gasteiger partial charge in [0.2, 0.25) is 0 Å². The molecule has 0 aliphatic carbocycles. The first kappa shape index (κ1) is 11.2. The molecule has 1 unspecified atom stereocenters. The number of likely N-dealkylation sites (N-methyl/N-ethyl adjacent to an activating group) is 1. The van der Waals surface area contributed by atoms with Crippen molar-refractivity contribution in [3.05, 3.63) is 34.9 Å². The van der Waals surface area contributed by atoms with Gasteiger partial charge in [-0.15, -0.1) is 0 Å². The van der Waals surface area contributed by atoms with Crippen LogP contribution in [0, 0.1) is 13.8 Å². The van der Waals surface area contributed by atoms with Crippen LogP contribution < -0.4 is 0 Å². The van der Waals surface area contributed by atoms with Crippen molar-refractivity contribution < 1.29 is 5.11 Å². The van der Waals surface area contributed by atoms with Crippen molar-refractivity contribution in [1.82, 2.24) is 4.90 Å². The minimum absolute atomic E-state index is 0.386. The number of benzene rings is 1. The fraction of sp³-hybridized carbons (Fsp3) is 0.500. The van der Waals surface area contributed by atoms with Gasteiger partial charge in [-0.1, -0.05) is 29.3 Å². The summed E-state index contributed by atoms with van der Waals surface area (Å²) in [7, 11) is 3.93. The van der Waals surface area contributed by atoms with E-state index in [0.29, 0.717) is 6.54 Å². The second-order valence-electron chi connectivity index (χ2n) is 4.20. The Morgan fingerprint density at radius 3 is 2.07 bits per heavy atom. The maximum atomic E-state index is 9.90. The second-order valence-corrected chi connectivity index (χ2v) is 4.20. The third-order valence-corrected chi connectivity index (χ3v) is 2.17. The zero-order valence-electron chi connectivity index (χ0n) is 9.41. The van der Waals surface area contributed by atoms with Gasteiger partial charge in [-0.05, 0) is 33.5 Å². The van der Waals surface area contributed by atoms with E-state index in [4.69, 9.17) is 0 Å². The van der Waals surface area contributed by atoms with Crippen LogP contribution in [0.4, 0.5) is 0 Å². The molecule has 0 aromatic heterocycles.